The van der Waals surface area contributed by atoms with Gasteiger partial charge in [0, 0.05) is 24.4 Å². The molecule has 64 valence electrons. The van der Waals surface area contributed by atoms with Crippen LogP contribution in [0.1, 0.15) is 30.6 Å². The van der Waals surface area contributed by atoms with Gasteiger partial charge in [0.05, 0.1) is 0 Å². The molecule has 0 aliphatic rings. The Hall–Kier alpha value is -1.18. The van der Waals surface area contributed by atoms with E-state index in [1.54, 1.807) is 24.5 Å². The van der Waals surface area contributed by atoms with Crippen LogP contribution in [0, 0.1) is 5.92 Å². The molecule has 0 radical (unpaired) electrons. The second-order valence-corrected chi connectivity index (χ2v) is 3.26. The Morgan fingerprint density at radius 3 is 2.50 bits per heavy atom. The Kier molecular flexibility index (Phi) is 2.97. The first-order valence-corrected chi connectivity index (χ1v) is 4.13. The monoisotopic (exact) mass is 163 g/mol. The van der Waals surface area contributed by atoms with Crippen molar-refractivity contribution in [3.05, 3.63) is 30.1 Å². The van der Waals surface area contributed by atoms with E-state index in [1.807, 2.05) is 13.8 Å². The molecule has 2 nitrogen and oxygen atoms in total. The van der Waals surface area contributed by atoms with Gasteiger partial charge in [-0.15, -0.1) is 0 Å². The predicted octanol–water partition coefficient (Wildman–Crippen LogP) is 2.31. The number of carbonyl (C=O) groups excluding carboxylic acids is 1. The second kappa shape index (κ2) is 4.00. The molecule has 0 aromatic carbocycles. The van der Waals surface area contributed by atoms with Gasteiger partial charge in [0.15, 0.2) is 5.78 Å². The van der Waals surface area contributed by atoms with Crippen LogP contribution in [0.5, 0.6) is 0 Å². The van der Waals surface area contributed by atoms with Gasteiger partial charge in [-0.3, -0.25) is 9.78 Å². The van der Waals surface area contributed by atoms with Gasteiger partial charge in [-0.1, -0.05) is 13.8 Å². The maximum absolute atomic E-state index is 11.4. The van der Waals surface area contributed by atoms with Crippen molar-refractivity contribution in [2.24, 2.45) is 5.92 Å². The molecule has 0 atom stereocenters. The first-order chi connectivity index (χ1) is 5.70. The summed E-state index contributed by atoms with van der Waals surface area (Å²) in [5.74, 6) is 0.623. The first kappa shape index (κ1) is 8.91. The minimum Gasteiger partial charge on any atom is -0.294 e. The lowest BCUT2D eigenvalue weighted by atomic mass is 10.0. The van der Waals surface area contributed by atoms with Gasteiger partial charge in [0.1, 0.15) is 0 Å². The number of nitrogens with zero attached hydrogens (tertiary/aromatic N) is 1. The molecule has 0 fully saturated rings. The van der Waals surface area contributed by atoms with Crippen molar-refractivity contribution in [1.82, 2.24) is 4.98 Å². The smallest absolute Gasteiger partial charge is 0.163 e. The van der Waals surface area contributed by atoms with Crippen molar-refractivity contribution in [3.63, 3.8) is 0 Å². The number of aromatic nitrogens is 1. The zero-order valence-corrected chi connectivity index (χ0v) is 7.45. The zero-order valence-electron chi connectivity index (χ0n) is 7.45. The maximum atomic E-state index is 11.4. The van der Waals surface area contributed by atoms with Crippen molar-refractivity contribution >= 4 is 5.78 Å². The van der Waals surface area contributed by atoms with Crippen LogP contribution in [0.2, 0.25) is 0 Å². The van der Waals surface area contributed by atoms with E-state index in [2.05, 4.69) is 4.98 Å². The highest BCUT2D eigenvalue weighted by Crippen LogP contribution is 2.07. The minimum absolute atomic E-state index is 0.201. The normalized spacial score (nSPS) is 10.2. The van der Waals surface area contributed by atoms with Crippen LogP contribution in [-0.2, 0) is 0 Å². The second-order valence-electron chi connectivity index (χ2n) is 3.26. The Balaban J connectivity index is 2.66. The van der Waals surface area contributed by atoms with E-state index in [9.17, 15) is 4.79 Å². The molecule has 1 aromatic rings. The van der Waals surface area contributed by atoms with E-state index in [1.165, 1.54) is 0 Å². The molecule has 12 heavy (non-hydrogen) atoms. The van der Waals surface area contributed by atoms with E-state index >= 15 is 0 Å². The highest BCUT2D eigenvalue weighted by atomic mass is 16.1. The summed E-state index contributed by atoms with van der Waals surface area (Å²) < 4.78 is 0. The van der Waals surface area contributed by atoms with Gasteiger partial charge < -0.3 is 0 Å². The molecule has 0 saturated carbocycles. The fourth-order valence-corrected chi connectivity index (χ4v) is 1.03. The van der Waals surface area contributed by atoms with E-state index in [0.717, 1.165) is 5.56 Å². The average Bonchev–Trinajstić information content (AvgIpc) is 2.05. The summed E-state index contributed by atoms with van der Waals surface area (Å²) in [7, 11) is 0. The largest absolute Gasteiger partial charge is 0.294 e. The highest BCUT2D eigenvalue weighted by Gasteiger charge is 2.06. The number of hydrogen-bond acceptors (Lipinski definition) is 2. The molecular formula is C10H13NO. The summed E-state index contributed by atoms with van der Waals surface area (Å²) in [5.41, 5.74) is 0.763. The lowest BCUT2D eigenvalue weighted by Gasteiger charge is -2.02. The minimum atomic E-state index is 0.201. The van der Waals surface area contributed by atoms with Crippen LogP contribution in [0.15, 0.2) is 24.5 Å². The zero-order chi connectivity index (χ0) is 8.97. The Morgan fingerprint density at radius 2 is 2.00 bits per heavy atom. The Bertz CT molecular complexity index is 254. The van der Waals surface area contributed by atoms with Crippen LogP contribution in [0.4, 0.5) is 0 Å². The highest BCUT2D eigenvalue weighted by molar-refractivity contribution is 5.95. The lowest BCUT2D eigenvalue weighted by molar-refractivity contribution is 0.0968. The van der Waals surface area contributed by atoms with Crippen molar-refractivity contribution in [1.29, 1.82) is 0 Å². The van der Waals surface area contributed by atoms with Crippen LogP contribution >= 0.6 is 0 Å². The molecule has 2 heteroatoms. The summed E-state index contributed by atoms with van der Waals surface area (Å²) in [4.78, 5) is 15.3. The van der Waals surface area contributed by atoms with Crippen LogP contribution in [-0.4, -0.2) is 10.8 Å². The molecule has 1 heterocycles. The maximum Gasteiger partial charge on any atom is 0.163 e. The molecule has 0 bridgehead atoms. The summed E-state index contributed by atoms with van der Waals surface area (Å²) in [6.45, 7) is 4.08. The summed E-state index contributed by atoms with van der Waals surface area (Å²) in [6, 6.07) is 3.51. The predicted molar refractivity (Wildman–Crippen MR) is 48.0 cm³/mol. The average molecular weight is 163 g/mol. The van der Waals surface area contributed by atoms with E-state index in [-0.39, 0.29) is 5.78 Å². The number of Topliss-reactive ketones (excluding diaryl/α,β-unsaturated/α-hetero) is 1. The third-order valence-electron chi connectivity index (χ3n) is 1.60. The quantitative estimate of drug-likeness (QED) is 0.640. The van der Waals surface area contributed by atoms with Crippen LogP contribution in [0.3, 0.4) is 0 Å². The molecule has 0 spiro atoms. The Morgan fingerprint density at radius 1 is 1.42 bits per heavy atom. The summed E-state index contributed by atoms with van der Waals surface area (Å²) in [5, 5.41) is 0. The van der Waals surface area contributed by atoms with E-state index in [4.69, 9.17) is 0 Å². The van der Waals surface area contributed by atoms with Gasteiger partial charge in [0.2, 0.25) is 0 Å². The topological polar surface area (TPSA) is 30.0 Å². The number of pyridine rings is 1. The third-order valence-corrected chi connectivity index (χ3v) is 1.60. The Labute approximate surface area is 72.6 Å². The molecule has 1 rings (SSSR count). The fourth-order valence-electron chi connectivity index (χ4n) is 1.03. The SMILES string of the molecule is CC(C)CC(=O)c1ccncc1. The van der Waals surface area contributed by atoms with Crippen molar-refractivity contribution in [2.75, 3.05) is 0 Å². The van der Waals surface area contributed by atoms with Gasteiger partial charge in [-0.2, -0.15) is 0 Å². The van der Waals surface area contributed by atoms with Crippen LogP contribution < -0.4 is 0 Å². The molecule has 0 aliphatic heterocycles. The molecule has 1 aromatic heterocycles. The molecule has 0 aliphatic carbocycles. The molecular weight excluding hydrogens is 150 g/mol. The fraction of sp³-hybridized carbons (Fsp3) is 0.400. The van der Waals surface area contributed by atoms with E-state index < -0.39 is 0 Å². The third kappa shape index (κ3) is 2.46. The number of carbonyl (C=O) groups is 1. The first-order valence-electron chi connectivity index (χ1n) is 4.13. The molecule has 0 saturated heterocycles. The molecule has 0 amide bonds. The standard InChI is InChI=1S/C10H13NO/c1-8(2)7-10(12)9-3-5-11-6-4-9/h3-6,8H,7H2,1-2H3. The van der Waals surface area contributed by atoms with Crippen molar-refractivity contribution < 1.29 is 4.79 Å². The van der Waals surface area contributed by atoms with Crippen LogP contribution in [0.25, 0.3) is 0 Å². The van der Waals surface area contributed by atoms with Gasteiger partial charge in [-0.25, -0.2) is 0 Å². The van der Waals surface area contributed by atoms with Crippen molar-refractivity contribution in [2.45, 2.75) is 20.3 Å². The molecule has 0 unspecified atom stereocenters. The summed E-state index contributed by atoms with van der Waals surface area (Å²) >= 11 is 0. The number of ketones is 1. The van der Waals surface area contributed by atoms with Gasteiger partial charge in [0.25, 0.3) is 0 Å². The van der Waals surface area contributed by atoms with E-state index in [0.29, 0.717) is 12.3 Å². The number of hydrogen-bond donors (Lipinski definition) is 0. The lowest BCUT2D eigenvalue weighted by Crippen LogP contribution is -2.03. The molecule has 0 N–H and O–H groups in total. The summed E-state index contributed by atoms with van der Waals surface area (Å²) in [6.07, 6.45) is 3.91. The van der Waals surface area contributed by atoms with Gasteiger partial charge in [-0.05, 0) is 18.1 Å². The van der Waals surface area contributed by atoms with Gasteiger partial charge >= 0.3 is 0 Å². The number of rotatable bonds is 3. The van der Waals surface area contributed by atoms with Crippen molar-refractivity contribution in [3.8, 4) is 0 Å².